The van der Waals surface area contributed by atoms with Crippen molar-refractivity contribution in [3.8, 4) is 5.69 Å². The minimum Gasteiger partial charge on any atom is -0.353 e. The third kappa shape index (κ3) is 5.10. The average Bonchev–Trinajstić information content (AvgIpc) is 3.27. The lowest BCUT2D eigenvalue weighted by atomic mass is 10.1. The van der Waals surface area contributed by atoms with Gasteiger partial charge in [-0.25, -0.2) is 14.6 Å². The van der Waals surface area contributed by atoms with Crippen LogP contribution in [-0.4, -0.2) is 56.7 Å². The maximum atomic E-state index is 12.7. The number of rotatable bonds is 6. The van der Waals surface area contributed by atoms with E-state index < -0.39 is 0 Å². The largest absolute Gasteiger partial charge is 0.353 e. The van der Waals surface area contributed by atoms with E-state index in [2.05, 4.69) is 28.8 Å². The number of amides is 1. The summed E-state index contributed by atoms with van der Waals surface area (Å²) in [7, 11) is 0. The molecule has 1 aromatic carbocycles. The van der Waals surface area contributed by atoms with Crippen LogP contribution in [0.5, 0.6) is 0 Å². The Kier molecular flexibility index (Phi) is 6.30. The molecule has 0 spiro atoms. The predicted octanol–water partition coefficient (Wildman–Crippen LogP) is 3.38. The normalized spacial score (nSPS) is 14.3. The first kappa shape index (κ1) is 21.0. The average molecular weight is 419 g/mol. The number of aromatic nitrogens is 4. The first-order valence-electron chi connectivity index (χ1n) is 11.0. The zero-order chi connectivity index (χ0) is 21.8. The number of para-hydroxylation sites is 1. The van der Waals surface area contributed by atoms with E-state index >= 15 is 0 Å². The van der Waals surface area contributed by atoms with E-state index in [0.717, 1.165) is 54.8 Å². The number of nitrogens with zero attached hydrogens (tertiary/aromatic N) is 6. The molecule has 162 valence electrons. The molecule has 7 heteroatoms. The van der Waals surface area contributed by atoms with Crippen molar-refractivity contribution >= 4 is 11.7 Å². The quantitative estimate of drug-likeness (QED) is 0.614. The van der Waals surface area contributed by atoms with E-state index in [1.54, 1.807) is 0 Å². The van der Waals surface area contributed by atoms with Crippen LogP contribution in [-0.2, 0) is 11.2 Å². The van der Waals surface area contributed by atoms with Crippen molar-refractivity contribution < 1.29 is 4.79 Å². The lowest BCUT2D eigenvalue weighted by Crippen LogP contribution is -2.49. The van der Waals surface area contributed by atoms with Gasteiger partial charge in [0.25, 0.3) is 0 Å². The topological polar surface area (TPSA) is 67.2 Å². The molecule has 0 saturated carbocycles. The number of carbonyl (C=O) groups is 1. The van der Waals surface area contributed by atoms with E-state index in [1.165, 1.54) is 0 Å². The van der Waals surface area contributed by atoms with Gasteiger partial charge >= 0.3 is 0 Å². The third-order valence-electron chi connectivity index (χ3n) is 5.62. The summed E-state index contributed by atoms with van der Waals surface area (Å²) >= 11 is 0. The summed E-state index contributed by atoms with van der Waals surface area (Å²) < 4.78 is 1.85. The summed E-state index contributed by atoms with van der Waals surface area (Å²) in [5.74, 6) is 2.35. The fraction of sp³-hybridized carbons (Fsp3) is 0.417. The molecule has 31 heavy (non-hydrogen) atoms. The molecule has 0 aliphatic carbocycles. The van der Waals surface area contributed by atoms with Gasteiger partial charge in [0.05, 0.1) is 11.9 Å². The van der Waals surface area contributed by atoms with E-state index in [4.69, 9.17) is 4.98 Å². The third-order valence-corrected chi connectivity index (χ3v) is 5.62. The Morgan fingerprint density at radius 3 is 2.52 bits per heavy atom. The van der Waals surface area contributed by atoms with Crippen LogP contribution in [0.2, 0.25) is 0 Å². The fourth-order valence-corrected chi connectivity index (χ4v) is 3.80. The van der Waals surface area contributed by atoms with Crippen LogP contribution in [0, 0.1) is 6.92 Å². The predicted molar refractivity (Wildman–Crippen MR) is 122 cm³/mol. The molecular weight excluding hydrogens is 388 g/mol. The van der Waals surface area contributed by atoms with Gasteiger partial charge in [0.15, 0.2) is 0 Å². The Hall–Kier alpha value is -3.22. The second-order valence-corrected chi connectivity index (χ2v) is 8.38. The number of carbonyl (C=O) groups excluding carboxylic acids is 1. The molecule has 3 heterocycles. The Bertz CT molecular complexity index is 1020. The van der Waals surface area contributed by atoms with Crippen molar-refractivity contribution in [3.63, 3.8) is 0 Å². The summed E-state index contributed by atoms with van der Waals surface area (Å²) in [6, 6.07) is 12.0. The number of benzene rings is 1. The molecule has 0 N–H and O–H groups in total. The zero-order valence-electron chi connectivity index (χ0n) is 18.5. The molecule has 0 atom stereocenters. The minimum atomic E-state index is 0.203. The molecule has 1 fully saturated rings. The van der Waals surface area contributed by atoms with Crippen molar-refractivity contribution in [2.24, 2.45) is 0 Å². The van der Waals surface area contributed by atoms with Crippen molar-refractivity contribution in [1.29, 1.82) is 0 Å². The summed E-state index contributed by atoms with van der Waals surface area (Å²) in [5, 5.41) is 4.42. The Balaban J connectivity index is 1.30. The van der Waals surface area contributed by atoms with E-state index in [-0.39, 0.29) is 5.91 Å². The standard InChI is InChI=1S/C24H30N6O/c1-18(2)24-26-19(3)15-22(27-24)28-11-13-29(14-12-28)23(31)10-9-20-16-25-30(17-20)21-7-5-4-6-8-21/h4-8,15-18H,9-14H2,1-3H3. The van der Waals surface area contributed by atoms with Crippen LogP contribution in [0.25, 0.3) is 5.69 Å². The first-order chi connectivity index (χ1) is 15.0. The summed E-state index contributed by atoms with van der Waals surface area (Å²) in [5.41, 5.74) is 3.09. The molecule has 4 rings (SSSR count). The maximum Gasteiger partial charge on any atom is 0.223 e. The molecule has 1 saturated heterocycles. The molecule has 0 unspecified atom stereocenters. The molecular formula is C24H30N6O. The number of anilines is 1. The van der Waals surface area contributed by atoms with Gasteiger partial charge in [-0.05, 0) is 31.0 Å². The number of piperazine rings is 1. The van der Waals surface area contributed by atoms with Gasteiger partial charge in [-0.2, -0.15) is 5.10 Å². The number of hydrogen-bond acceptors (Lipinski definition) is 5. The molecule has 1 amide bonds. The Morgan fingerprint density at radius 2 is 1.81 bits per heavy atom. The smallest absolute Gasteiger partial charge is 0.223 e. The van der Waals surface area contributed by atoms with Crippen molar-refractivity contribution in [2.75, 3.05) is 31.1 Å². The lowest BCUT2D eigenvalue weighted by Gasteiger charge is -2.35. The molecule has 7 nitrogen and oxygen atoms in total. The van der Waals surface area contributed by atoms with Crippen LogP contribution < -0.4 is 4.90 Å². The van der Waals surface area contributed by atoms with E-state index in [9.17, 15) is 4.79 Å². The lowest BCUT2D eigenvalue weighted by molar-refractivity contribution is -0.131. The Morgan fingerprint density at radius 1 is 1.06 bits per heavy atom. The Labute approximate surface area is 183 Å². The van der Waals surface area contributed by atoms with E-state index in [1.807, 2.05) is 65.3 Å². The molecule has 0 bridgehead atoms. The summed E-state index contributed by atoms with van der Waals surface area (Å²) in [4.78, 5) is 26.2. The molecule has 2 aromatic heterocycles. The van der Waals surface area contributed by atoms with Crippen LogP contribution in [0.1, 0.15) is 43.3 Å². The van der Waals surface area contributed by atoms with Gasteiger partial charge in [0.2, 0.25) is 5.91 Å². The molecule has 0 radical (unpaired) electrons. The molecule has 1 aliphatic heterocycles. The van der Waals surface area contributed by atoms with Crippen LogP contribution in [0.4, 0.5) is 5.82 Å². The second-order valence-electron chi connectivity index (χ2n) is 8.38. The monoisotopic (exact) mass is 418 g/mol. The van der Waals surface area contributed by atoms with Gasteiger partial charge in [0.1, 0.15) is 11.6 Å². The highest BCUT2D eigenvalue weighted by molar-refractivity contribution is 5.76. The highest BCUT2D eigenvalue weighted by atomic mass is 16.2. The van der Waals surface area contributed by atoms with E-state index in [0.29, 0.717) is 18.8 Å². The van der Waals surface area contributed by atoms with Crippen molar-refractivity contribution in [3.05, 3.63) is 65.9 Å². The summed E-state index contributed by atoms with van der Waals surface area (Å²) in [6.45, 7) is 9.27. The summed E-state index contributed by atoms with van der Waals surface area (Å²) in [6.07, 6.45) is 5.06. The SMILES string of the molecule is Cc1cc(N2CCN(C(=O)CCc3cnn(-c4ccccc4)c3)CC2)nc(C(C)C)n1. The van der Waals surface area contributed by atoms with Crippen LogP contribution in [0.15, 0.2) is 48.8 Å². The first-order valence-corrected chi connectivity index (χ1v) is 11.0. The number of aryl methyl sites for hydroxylation is 2. The van der Waals surface area contributed by atoms with Crippen molar-refractivity contribution in [1.82, 2.24) is 24.6 Å². The molecule has 3 aromatic rings. The highest BCUT2D eigenvalue weighted by Crippen LogP contribution is 2.19. The van der Waals surface area contributed by atoms with Gasteiger partial charge < -0.3 is 9.80 Å². The minimum absolute atomic E-state index is 0.203. The van der Waals surface area contributed by atoms with Gasteiger partial charge in [0, 0.05) is 56.5 Å². The van der Waals surface area contributed by atoms with Crippen LogP contribution >= 0.6 is 0 Å². The second kappa shape index (κ2) is 9.29. The van der Waals surface area contributed by atoms with Gasteiger partial charge in [-0.15, -0.1) is 0 Å². The maximum absolute atomic E-state index is 12.7. The zero-order valence-corrected chi connectivity index (χ0v) is 18.5. The fourth-order valence-electron chi connectivity index (χ4n) is 3.80. The van der Waals surface area contributed by atoms with Gasteiger partial charge in [-0.1, -0.05) is 32.0 Å². The van der Waals surface area contributed by atoms with Gasteiger partial charge in [-0.3, -0.25) is 4.79 Å². The highest BCUT2D eigenvalue weighted by Gasteiger charge is 2.22. The number of hydrogen-bond donors (Lipinski definition) is 0. The van der Waals surface area contributed by atoms with Crippen molar-refractivity contribution in [2.45, 2.75) is 39.5 Å². The molecule has 1 aliphatic rings. The van der Waals surface area contributed by atoms with Crippen LogP contribution in [0.3, 0.4) is 0 Å².